The van der Waals surface area contributed by atoms with Crippen molar-refractivity contribution in [2.24, 2.45) is 0 Å². The van der Waals surface area contributed by atoms with Crippen molar-refractivity contribution in [2.45, 2.75) is 18.6 Å². The number of morpholine rings is 1. The third-order valence-corrected chi connectivity index (χ3v) is 3.04. The maximum atomic E-state index is 11.2. The van der Waals surface area contributed by atoms with Crippen molar-refractivity contribution in [3.8, 4) is 0 Å². The van der Waals surface area contributed by atoms with Crippen LogP contribution in [0.25, 0.3) is 0 Å². The number of hydrogen-bond acceptors (Lipinski definition) is 3. The second kappa shape index (κ2) is 2.97. The van der Waals surface area contributed by atoms with Gasteiger partial charge in [0.15, 0.2) is 0 Å². The highest BCUT2D eigenvalue weighted by Gasteiger charge is 2.37. The summed E-state index contributed by atoms with van der Waals surface area (Å²) in [6, 6.07) is 5.82. The van der Waals surface area contributed by atoms with Gasteiger partial charge in [0.1, 0.15) is 6.61 Å². The fourth-order valence-electron chi connectivity index (χ4n) is 2.35. The Morgan fingerprint density at radius 3 is 3.20 bits per heavy atom. The van der Waals surface area contributed by atoms with Crippen LogP contribution in [0, 0.1) is 0 Å². The lowest BCUT2D eigenvalue weighted by Crippen LogP contribution is -2.43. The van der Waals surface area contributed by atoms with E-state index in [1.165, 1.54) is 5.56 Å². The Kier molecular flexibility index (Phi) is 1.73. The second-order valence-corrected chi connectivity index (χ2v) is 4.06. The normalized spacial score (nSPS) is 28.1. The zero-order valence-electron chi connectivity index (χ0n) is 8.19. The number of fused-ring (bicyclic) bond motifs is 3. The summed E-state index contributed by atoms with van der Waals surface area (Å²) in [6.07, 6.45) is 0.945. The van der Waals surface area contributed by atoms with Gasteiger partial charge in [0, 0.05) is 12.1 Å². The van der Waals surface area contributed by atoms with E-state index in [0.717, 1.165) is 17.7 Å². The van der Waals surface area contributed by atoms with Crippen LogP contribution in [0.3, 0.4) is 0 Å². The van der Waals surface area contributed by atoms with Crippen LogP contribution >= 0.6 is 0 Å². The van der Waals surface area contributed by atoms with Crippen molar-refractivity contribution < 1.29 is 9.53 Å². The molecule has 1 aliphatic heterocycles. The highest BCUT2D eigenvalue weighted by molar-refractivity contribution is 5.79. The number of carbonyl (C=O) groups is 1. The van der Waals surface area contributed by atoms with Crippen molar-refractivity contribution in [3.05, 3.63) is 29.3 Å². The minimum Gasteiger partial charge on any atom is -0.399 e. The lowest BCUT2D eigenvalue weighted by atomic mass is 10.1. The first kappa shape index (κ1) is 8.73. The summed E-state index contributed by atoms with van der Waals surface area (Å²) < 4.78 is 5.48. The summed E-state index contributed by atoms with van der Waals surface area (Å²) in [7, 11) is 0. The highest BCUT2D eigenvalue weighted by atomic mass is 16.5. The molecule has 0 spiro atoms. The van der Waals surface area contributed by atoms with Crippen LogP contribution in [0.5, 0.6) is 0 Å². The Hall–Kier alpha value is -1.55. The molecule has 15 heavy (non-hydrogen) atoms. The number of rotatable bonds is 0. The van der Waals surface area contributed by atoms with Crippen molar-refractivity contribution in [3.63, 3.8) is 0 Å². The summed E-state index contributed by atoms with van der Waals surface area (Å²) >= 11 is 0. The minimum absolute atomic E-state index is 0.00949. The van der Waals surface area contributed by atoms with E-state index in [2.05, 4.69) is 5.32 Å². The van der Waals surface area contributed by atoms with Crippen LogP contribution < -0.4 is 11.1 Å². The first-order valence-electron chi connectivity index (χ1n) is 5.03. The number of carbonyl (C=O) groups excluding carboxylic acids is 1. The number of amides is 1. The van der Waals surface area contributed by atoms with Gasteiger partial charge in [0.25, 0.3) is 0 Å². The SMILES string of the molecule is Nc1ccc2c(c1)[C@H]1NC(=O)COC1C2. The number of ether oxygens (including phenoxy) is 1. The molecule has 0 saturated carbocycles. The van der Waals surface area contributed by atoms with Crippen molar-refractivity contribution >= 4 is 11.6 Å². The first-order chi connectivity index (χ1) is 7.24. The molecule has 1 fully saturated rings. The Morgan fingerprint density at radius 2 is 2.33 bits per heavy atom. The quantitative estimate of drug-likeness (QED) is 0.600. The van der Waals surface area contributed by atoms with E-state index in [-0.39, 0.29) is 24.7 Å². The molecule has 1 saturated heterocycles. The molecular weight excluding hydrogens is 192 g/mol. The van der Waals surface area contributed by atoms with Gasteiger partial charge in [-0.15, -0.1) is 0 Å². The molecule has 78 valence electrons. The Morgan fingerprint density at radius 1 is 1.47 bits per heavy atom. The fraction of sp³-hybridized carbons (Fsp3) is 0.364. The average Bonchev–Trinajstić information content (AvgIpc) is 2.56. The molecule has 1 heterocycles. The predicted octanol–water partition coefficient (Wildman–Crippen LogP) is 0.381. The van der Waals surface area contributed by atoms with Gasteiger partial charge in [-0.2, -0.15) is 0 Å². The molecule has 4 nitrogen and oxygen atoms in total. The molecule has 0 radical (unpaired) electrons. The maximum absolute atomic E-state index is 11.2. The van der Waals surface area contributed by atoms with Gasteiger partial charge in [-0.3, -0.25) is 4.79 Å². The summed E-state index contributed by atoms with van der Waals surface area (Å²) in [5, 5.41) is 2.94. The number of anilines is 1. The largest absolute Gasteiger partial charge is 0.399 e. The fourth-order valence-corrected chi connectivity index (χ4v) is 2.35. The van der Waals surface area contributed by atoms with E-state index in [1.807, 2.05) is 18.2 Å². The highest BCUT2D eigenvalue weighted by Crippen LogP contribution is 2.35. The predicted molar refractivity (Wildman–Crippen MR) is 55.2 cm³/mol. The first-order valence-corrected chi connectivity index (χ1v) is 5.03. The Bertz CT molecular complexity index is 431. The molecule has 3 rings (SSSR count). The molecule has 2 atom stereocenters. The summed E-state index contributed by atoms with van der Waals surface area (Å²) in [6.45, 7) is 0.171. The lowest BCUT2D eigenvalue weighted by Gasteiger charge is -2.27. The standard InChI is InChI=1S/C11H12N2O2/c12-7-2-1-6-3-9-11(8(6)4-7)13-10(14)5-15-9/h1-2,4,9,11H,3,5,12H2,(H,13,14)/t9?,11-/m1/s1. The molecule has 1 amide bonds. The zero-order valence-corrected chi connectivity index (χ0v) is 8.19. The van der Waals surface area contributed by atoms with Crippen molar-refractivity contribution in [1.82, 2.24) is 5.32 Å². The minimum atomic E-state index is -0.0495. The van der Waals surface area contributed by atoms with E-state index in [9.17, 15) is 4.79 Å². The molecule has 0 aromatic heterocycles. The number of nitrogens with one attached hydrogen (secondary N) is 1. The number of hydrogen-bond donors (Lipinski definition) is 2. The number of nitrogens with two attached hydrogens (primary N) is 1. The molecule has 1 aliphatic carbocycles. The van der Waals surface area contributed by atoms with Gasteiger partial charge in [-0.1, -0.05) is 6.07 Å². The third kappa shape index (κ3) is 1.29. The zero-order chi connectivity index (χ0) is 10.4. The third-order valence-electron chi connectivity index (χ3n) is 3.04. The molecular formula is C11H12N2O2. The summed E-state index contributed by atoms with van der Waals surface area (Å²) in [5.41, 5.74) is 8.79. The van der Waals surface area contributed by atoms with Gasteiger partial charge < -0.3 is 15.8 Å². The van der Waals surface area contributed by atoms with Crippen LogP contribution in [0.2, 0.25) is 0 Å². The number of nitrogen functional groups attached to an aromatic ring is 1. The van der Waals surface area contributed by atoms with Crippen LogP contribution in [0.1, 0.15) is 17.2 Å². The molecule has 1 aromatic rings. The lowest BCUT2D eigenvalue weighted by molar-refractivity contribution is -0.136. The summed E-state index contributed by atoms with van der Waals surface area (Å²) in [4.78, 5) is 11.2. The monoisotopic (exact) mass is 204 g/mol. The van der Waals surface area contributed by atoms with Gasteiger partial charge >= 0.3 is 0 Å². The average molecular weight is 204 g/mol. The van der Waals surface area contributed by atoms with Crippen LogP contribution in [0.4, 0.5) is 5.69 Å². The van der Waals surface area contributed by atoms with Crippen LogP contribution in [-0.4, -0.2) is 18.6 Å². The van der Waals surface area contributed by atoms with E-state index >= 15 is 0 Å². The molecule has 3 N–H and O–H groups in total. The summed E-state index contributed by atoms with van der Waals surface area (Å²) in [5.74, 6) is -0.0495. The second-order valence-electron chi connectivity index (χ2n) is 4.06. The number of benzene rings is 1. The molecule has 2 aliphatic rings. The van der Waals surface area contributed by atoms with Gasteiger partial charge in [0.2, 0.25) is 5.91 Å². The van der Waals surface area contributed by atoms with Crippen molar-refractivity contribution in [1.29, 1.82) is 0 Å². The van der Waals surface area contributed by atoms with Gasteiger partial charge in [0.05, 0.1) is 12.1 Å². The van der Waals surface area contributed by atoms with E-state index in [0.29, 0.717) is 0 Å². The topological polar surface area (TPSA) is 64.3 Å². The maximum Gasteiger partial charge on any atom is 0.246 e. The van der Waals surface area contributed by atoms with Crippen LogP contribution in [-0.2, 0) is 16.0 Å². The Balaban J connectivity index is 2.02. The van der Waals surface area contributed by atoms with Gasteiger partial charge in [-0.25, -0.2) is 0 Å². The van der Waals surface area contributed by atoms with E-state index in [1.54, 1.807) is 0 Å². The molecule has 0 bridgehead atoms. The van der Waals surface area contributed by atoms with Gasteiger partial charge in [-0.05, 0) is 23.3 Å². The molecule has 1 unspecified atom stereocenters. The van der Waals surface area contributed by atoms with E-state index < -0.39 is 0 Å². The molecule has 4 heteroatoms. The van der Waals surface area contributed by atoms with Crippen molar-refractivity contribution in [2.75, 3.05) is 12.3 Å². The smallest absolute Gasteiger partial charge is 0.246 e. The Labute approximate surface area is 87.4 Å². The molecule has 1 aromatic carbocycles. The van der Waals surface area contributed by atoms with Crippen LogP contribution in [0.15, 0.2) is 18.2 Å². The van der Waals surface area contributed by atoms with E-state index in [4.69, 9.17) is 10.5 Å².